The van der Waals surface area contributed by atoms with Crippen LogP contribution in [0.3, 0.4) is 0 Å². The summed E-state index contributed by atoms with van der Waals surface area (Å²) in [7, 11) is 0. The molecular formula is C15H27N3O2. The number of likely N-dealkylation sites (tertiary alicyclic amines) is 1. The SMILES string of the molecule is CCCN(CCN1C(=O)CCC1=O)CC1CCCCN1. The van der Waals surface area contributed by atoms with Crippen molar-refractivity contribution in [2.45, 2.75) is 51.5 Å². The molecule has 2 amide bonds. The lowest BCUT2D eigenvalue weighted by Crippen LogP contribution is -2.46. The number of nitrogens with one attached hydrogen (secondary N) is 1. The number of rotatable bonds is 7. The predicted molar refractivity (Wildman–Crippen MR) is 78.3 cm³/mol. The highest BCUT2D eigenvalue weighted by molar-refractivity contribution is 6.01. The zero-order chi connectivity index (χ0) is 14.4. The summed E-state index contributed by atoms with van der Waals surface area (Å²) in [5, 5.41) is 3.56. The highest BCUT2D eigenvalue weighted by Crippen LogP contribution is 2.12. The van der Waals surface area contributed by atoms with Crippen LogP contribution in [-0.4, -0.2) is 60.4 Å². The van der Waals surface area contributed by atoms with E-state index in [1.165, 1.54) is 24.2 Å². The van der Waals surface area contributed by atoms with Crippen molar-refractivity contribution in [1.29, 1.82) is 0 Å². The van der Waals surface area contributed by atoms with Crippen LogP contribution in [-0.2, 0) is 9.59 Å². The number of carbonyl (C=O) groups is 2. The van der Waals surface area contributed by atoms with Crippen LogP contribution in [0.1, 0.15) is 45.4 Å². The Morgan fingerprint density at radius 3 is 2.55 bits per heavy atom. The number of nitrogens with zero attached hydrogens (tertiary/aromatic N) is 2. The van der Waals surface area contributed by atoms with Crippen LogP contribution in [0.2, 0.25) is 0 Å². The van der Waals surface area contributed by atoms with Crippen molar-refractivity contribution in [2.75, 3.05) is 32.7 Å². The minimum absolute atomic E-state index is 0.00207. The molecule has 1 N–H and O–H groups in total. The summed E-state index contributed by atoms with van der Waals surface area (Å²) in [6.45, 7) is 6.73. The fourth-order valence-electron chi connectivity index (χ4n) is 3.12. The maximum Gasteiger partial charge on any atom is 0.229 e. The first-order valence-corrected chi connectivity index (χ1v) is 7.99. The Morgan fingerprint density at radius 2 is 1.95 bits per heavy atom. The number of amides is 2. The van der Waals surface area contributed by atoms with Gasteiger partial charge in [0.15, 0.2) is 0 Å². The second-order valence-corrected chi connectivity index (χ2v) is 5.89. The lowest BCUT2D eigenvalue weighted by Gasteiger charge is -2.31. The summed E-state index contributed by atoms with van der Waals surface area (Å²) < 4.78 is 0. The lowest BCUT2D eigenvalue weighted by molar-refractivity contribution is -0.138. The summed E-state index contributed by atoms with van der Waals surface area (Å²) in [5.74, 6) is 0.00415. The first-order valence-electron chi connectivity index (χ1n) is 7.99. The van der Waals surface area contributed by atoms with Gasteiger partial charge in [-0.05, 0) is 32.4 Å². The van der Waals surface area contributed by atoms with E-state index in [2.05, 4.69) is 17.1 Å². The van der Waals surface area contributed by atoms with Crippen LogP contribution in [0.15, 0.2) is 0 Å². The molecule has 0 saturated carbocycles. The molecule has 0 bridgehead atoms. The van der Waals surface area contributed by atoms with E-state index < -0.39 is 0 Å². The van der Waals surface area contributed by atoms with Gasteiger partial charge in [0.05, 0.1) is 0 Å². The number of hydrogen-bond acceptors (Lipinski definition) is 4. The molecule has 1 atom stereocenters. The molecule has 0 aromatic carbocycles. The molecule has 2 heterocycles. The second-order valence-electron chi connectivity index (χ2n) is 5.89. The van der Waals surface area contributed by atoms with Crippen LogP contribution >= 0.6 is 0 Å². The van der Waals surface area contributed by atoms with Crippen LogP contribution in [0.5, 0.6) is 0 Å². The lowest BCUT2D eigenvalue weighted by atomic mass is 10.0. The molecule has 0 aromatic rings. The van der Waals surface area contributed by atoms with E-state index in [-0.39, 0.29) is 11.8 Å². The normalized spacial score (nSPS) is 23.9. The van der Waals surface area contributed by atoms with Crippen LogP contribution in [0.25, 0.3) is 0 Å². The molecule has 0 aromatic heterocycles. The van der Waals surface area contributed by atoms with Gasteiger partial charge in [-0.2, -0.15) is 0 Å². The second kappa shape index (κ2) is 7.74. The van der Waals surface area contributed by atoms with Crippen LogP contribution in [0, 0.1) is 0 Å². The molecule has 2 saturated heterocycles. The summed E-state index contributed by atoms with van der Waals surface area (Å²) >= 11 is 0. The Morgan fingerprint density at radius 1 is 1.20 bits per heavy atom. The Bertz CT molecular complexity index is 324. The van der Waals surface area contributed by atoms with E-state index in [9.17, 15) is 9.59 Å². The van der Waals surface area contributed by atoms with Gasteiger partial charge in [-0.25, -0.2) is 0 Å². The third-order valence-corrected chi connectivity index (χ3v) is 4.23. The van der Waals surface area contributed by atoms with Crippen molar-refractivity contribution in [2.24, 2.45) is 0 Å². The summed E-state index contributed by atoms with van der Waals surface area (Å²) in [6.07, 6.45) is 5.73. The maximum absolute atomic E-state index is 11.6. The third kappa shape index (κ3) is 4.28. The number of carbonyl (C=O) groups excluding carboxylic acids is 2. The van der Waals surface area contributed by atoms with Crippen molar-refractivity contribution >= 4 is 11.8 Å². The number of piperidine rings is 1. The van der Waals surface area contributed by atoms with Gasteiger partial charge in [0.2, 0.25) is 11.8 Å². The largest absolute Gasteiger partial charge is 0.313 e. The topological polar surface area (TPSA) is 52.7 Å². The summed E-state index contributed by atoms with van der Waals surface area (Å²) in [5.41, 5.74) is 0. The Hall–Kier alpha value is -0.940. The molecule has 114 valence electrons. The Balaban J connectivity index is 1.79. The molecule has 1 unspecified atom stereocenters. The van der Waals surface area contributed by atoms with Crippen molar-refractivity contribution < 1.29 is 9.59 Å². The first-order chi connectivity index (χ1) is 9.70. The highest BCUT2D eigenvalue weighted by atomic mass is 16.2. The zero-order valence-electron chi connectivity index (χ0n) is 12.6. The van der Waals surface area contributed by atoms with E-state index in [0.717, 1.165) is 32.6 Å². The minimum Gasteiger partial charge on any atom is -0.313 e. The molecule has 5 heteroatoms. The molecule has 2 rings (SSSR count). The molecule has 2 fully saturated rings. The smallest absolute Gasteiger partial charge is 0.229 e. The van der Waals surface area contributed by atoms with Gasteiger partial charge in [0, 0.05) is 38.5 Å². The minimum atomic E-state index is 0.00207. The Kier molecular flexibility index (Phi) is 5.98. The van der Waals surface area contributed by atoms with E-state index in [4.69, 9.17) is 0 Å². The van der Waals surface area contributed by atoms with Gasteiger partial charge in [-0.3, -0.25) is 14.5 Å². The maximum atomic E-state index is 11.6. The Labute approximate surface area is 121 Å². The molecular weight excluding hydrogens is 254 g/mol. The standard InChI is InChI=1S/C15H27N3O2/c1-2-9-17(12-13-5-3-4-8-16-13)10-11-18-14(19)6-7-15(18)20/h13,16H,2-12H2,1H3. The van der Waals surface area contributed by atoms with E-state index in [1.54, 1.807) is 0 Å². The monoisotopic (exact) mass is 281 g/mol. The van der Waals surface area contributed by atoms with Gasteiger partial charge in [0.1, 0.15) is 0 Å². The number of hydrogen-bond donors (Lipinski definition) is 1. The quantitative estimate of drug-likeness (QED) is 0.707. The van der Waals surface area contributed by atoms with Crippen LogP contribution < -0.4 is 5.32 Å². The van der Waals surface area contributed by atoms with Crippen molar-refractivity contribution in [1.82, 2.24) is 15.1 Å². The van der Waals surface area contributed by atoms with Crippen molar-refractivity contribution in [3.63, 3.8) is 0 Å². The van der Waals surface area contributed by atoms with Gasteiger partial charge < -0.3 is 10.2 Å². The van der Waals surface area contributed by atoms with Crippen molar-refractivity contribution in [3.05, 3.63) is 0 Å². The molecule has 0 radical (unpaired) electrons. The van der Waals surface area contributed by atoms with E-state index in [0.29, 0.717) is 25.4 Å². The van der Waals surface area contributed by atoms with Gasteiger partial charge in [0.25, 0.3) is 0 Å². The third-order valence-electron chi connectivity index (χ3n) is 4.23. The van der Waals surface area contributed by atoms with E-state index in [1.807, 2.05) is 0 Å². The average molecular weight is 281 g/mol. The fraction of sp³-hybridized carbons (Fsp3) is 0.867. The van der Waals surface area contributed by atoms with Gasteiger partial charge in [-0.15, -0.1) is 0 Å². The molecule has 2 aliphatic heterocycles. The van der Waals surface area contributed by atoms with Gasteiger partial charge in [-0.1, -0.05) is 13.3 Å². The average Bonchev–Trinajstić information content (AvgIpc) is 2.77. The molecule has 0 aliphatic carbocycles. The molecule has 20 heavy (non-hydrogen) atoms. The summed E-state index contributed by atoms with van der Waals surface area (Å²) in [4.78, 5) is 27.1. The van der Waals surface area contributed by atoms with Crippen LogP contribution in [0.4, 0.5) is 0 Å². The summed E-state index contributed by atoms with van der Waals surface area (Å²) in [6, 6.07) is 0.570. The predicted octanol–water partition coefficient (Wildman–Crippen LogP) is 0.989. The van der Waals surface area contributed by atoms with E-state index >= 15 is 0 Å². The highest BCUT2D eigenvalue weighted by Gasteiger charge is 2.29. The molecule has 5 nitrogen and oxygen atoms in total. The molecule has 0 spiro atoms. The molecule has 2 aliphatic rings. The first kappa shape index (κ1) is 15.4. The number of imide groups is 1. The van der Waals surface area contributed by atoms with Crippen molar-refractivity contribution in [3.8, 4) is 0 Å². The van der Waals surface area contributed by atoms with Gasteiger partial charge >= 0.3 is 0 Å². The zero-order valence-corrected chi connectivity index (χ0v) is 12.6. The fourth-order valence-corrected chi connectivity index (χ4v) is 3.12.